The van der Waals surface area contributed by atoms with Crippen molar-refractivity contribution in [3.63, 3.8) is 0 Å². The first kappa shape index (κ1) is 21.6. The smallest absolute Gasteiger partial charge is 0.337 e. The van der Waals surface area contributed by atoms with E-state index in [4.69, 9.17) is 13.9 Å². The Hall–Kier alpha value is -3.59. The van der Waals surface area contributed by atoms with Crippen LogP contribution in [0.4, 0.5) is 4.39 Å². The second-order valence-electron chi connectivity index (χ2n) is 6.83. The number of rotatable bonds is 7. The normalized spacial score (nSPS) is 11.0. The number of fused-ring (bicyclic) bond motifs is 1. The van der Waals surface area contributed by atoms with Crippen LogP contribution >= 0.6 is 11.8 Å². The van der Waals surface area contributed by atoms with Gasteiger partial charge in [0.2, 0.25) is 0 Å². The largest absolute Gasteiger partial charge is 0.496 e. The molecule has 0 fully saturated rings. The molecule has 32 heavy (non-hydrogen) atoms. The number of nitrogens with zero attached hydrogens (tertiary/aromatic N) is 2. The van der Waals surface area contributed by atoms with E-state index in [0.717, 1.165) is 0 Å². The van der Waals surface area contributed by atoms with Gasteiger partial charge in [-0.15, -0.1) is 0 Å². The number of ether oxygens (including phenoxy) is 2. The number of carbonyl (C=O) groups is 1. The van der Waals surface area contributed by atoms with Crippen molar-refractivity contribution in [3.05, 3.63) is 87.9 Å². The van der Waals surface area contributed by atoms with E-state index in [0.29, 0.717) is 44.4 Å². The van der Waals surface area contributed by atoms with E-state index in [9.17, 15) is 14.0 Å². The van der Waals surface area contributed by atoms with Crippen molar-refractivity contribution in [1.82, 2.24) is 9.55 Å². The van der Waals surface area contributed by atoms with Gasteiger partial charge in [-0.2, -0.15) is 0 Å². The maximum Gasteiger partial charge on any atom is 0.337 e. The van der Waals surface area contributed by atoms with Crippen molar-refractivity contribution in [2.24, 2.45) is 0 Å². The van der Waals surface area contributed by atoms with E-state index in [1.165, 1.54) is 61.1 Å². The molecule has 0 aliphatic carbocycles. The molecule has 4 rings (SSSR count). The van der Waals surface area contributed by atoms with Gasteiger partial charge in [0, 0.05) is 11.3 Å². The Kier molecular flexibility index (Phi) is 6.27. The molecule has 0 saturated carbocycles. The average molecular weight is 454 g/mol. The van der Waals surface area contributed by atoms with Crippen LogP contribution in [0.3, 0.4) is 0 Å². The molecule has 0 aliphatic rings. The molecule has 0 aliphatic heterocycles. The third kappa shape index (κ3) is 4.38. The summed E-state index contributed by atoms with van der Waals surface area (Å²) in [6.45, 7) is 0.177. The topological polar surface area (TPSA) is 83.6 Å². The summed E-state index contributed by atoms with van der Waals surface area (Å²) < 4.78 is 30.8. The molecule has 164 valence electrons. The van der Waals surface area contributed by atoms with E-state index in [2.05, 4.69) is 4.98 Å². The minimum Gasteiger partial charge on any atom is -0.496 e. The molecule has 0 bridgehead atoms. The summed E-state index contributed by atoms with van der Waals surface area (Å²) >= 11 is 1.26. The van der Waals surface area contributed by atoms with Gasteiger partial charge in [0.1, 0.15) is 17.3 Å². The van der Waals surface area contributed by atoms with Crippen LogP contribution < -0.4 is 10.3 Å². The molecule has 4 aromatic rings. The number of hydrogen-bond acceptors (Lipinski definition) is 7. The van der Waals surface area contributed by atoms with Crippen molar-refractivity contribution in [2.75, 3.05) is 14.2 Å². The lowest BCUT2D eigenvalue weighted by molar-refractivity contribution is 0.0601. The summed E-state index contributed by atoms with van der Waals surface area (Å²) in [6, 6.07) is 12.4. The van der Waals surface area contributed by atoms with Gasteiger partial charge in [-0.3, -0.25) is 9.36 Å². The van der Waals surface area contributed by atoms with E-state index in [-0.39, 0.29) is 17.9 Å². The Balaban J connectivity index is 1.79. The maximum absolute atomic E-state index is 13.8. The fourth-order valence-corrected chi connectivity index (χ4v) is 4.23. The lowest BCUT2D eigenvalue weighted by atomic mass is 10.1. The molecule has 0 unspecified atom stereocenters. The fourth-order valence-electron chi connectivity index (χ4n) is 3.26. The molecule has 2 aromatic carbocycles. The second-order valence-corrected chi connectivity index (χ2v) is 7.78. The van der Waals surface area contributed by atoms with Crippen LogP contribution in [0.1, 0.15) is 21.7 Å². The van der Waals surface area contributed by atoms with E-state index in [1.807, 2.05) is 0 Å². The number of benzene rings is 2. The zero-order valence-corrected chi connectivity index (χ0v) is 18.1. The second kappa shape index (κ2) is 9.27. The maximum atomic E-state index is 13.8. The summed E-state index contributed by atoms with van der Waals surface area (Å²) in [7, 11) is 2.80. The van der Waals surface area contributed by atoms with E-state index in [1.54, 1.807) is 24.3 Å². The summed E-state index contributed by atoms with van der Waals surface area (Å²) in [5, 5.41) is 0.754. The van der Waals surface area contributed by atoms with Crippen molar-refractivity contribution >= 4 is 28.6 Å². The fraction of sp³-hybridized carbons (Fsp3) is 0.174. The number of methoxy groups -OCH3 is 2. The van der Waals surface area contributed by atoms with Gasteiger partial charge in [0.15, 0.2) is 5.16 Å². The zero-order valence-electron chi connectivity index (χ0n) is 17.3. The van der Waals surface area contributed by atoms with E-state index < -0.39 is 5.97 Å². The van der Waals surface area contributed by atoms with Crippen molar-refractivity contribution in [2.45, 2.75) is 17.5 Å². The van der Waals surface area contributed by atoms with Gasteiger partial charge in [-0.05, 0) is 48.5 Å². The molecular formula is C23H19FN2O5S. The number of esters is 1. The molecule has 2 aromatic heterocycles. The van der Waals surface area contributed by atoms with Crippen molar-refractivity contribution < 1.29 is 23.1 Å². The number of thioether (sulfide) groups is 1. The number of furan rings is 1. The number of carbonyl (C=O) groups excluding carboxylic acids is 1. The molecule has 0 radical (unpaired) electrons. The third-order valence-corrected chi connectivity index (χ3v) is 5.86. The van der Waals surface area contributed by atoms with E-state index >= 15 is 0 Å². The molecule has 2 heterocycles. The monoisotopic (exact) mass is 454 g/mol. The molecule has 0 spiro atoms. The first-order chi connectivity index (χ1) is 15.5. The Bertz CT molecular complexity index is 1330. The van der Waals surface area contributed by atoms with Crippen LogP contribution in [0.25, 0.3) is 10.9 Å². The van der Waals surface area contributed by atoms with Crippen LogP contribution in [0, 0.1) is 5.82 Å². The SMILES string of the molecule is COC(=O)c1ccc2c(=O)n(Cc3ccco3)c(SCc3cc(F)ccc3OC)nc2c1. The molecule has 0 atom stereocenters. The highest BCUT2D eigenvalue weighted by Gasteiger charge is 2.16. The number of aromatic nitrogens is 2. The predicted molar refractivity (Wildman–Crippen MR) is 118 cm³/mol. The summed E-state index contributed by atoms with van der Waals surface area (Å²) in [6.07, 6.45) is 1.53. The van der Waals surface area contributed by atoms with Crippen LogP contribution in [0.5, 0.6) is 5.75 Å². The van der Waals surface area contributed by atoms with Crippen molar-refractivity contribution in [1.29, 1.82) is 0 Å². The van der Waals surface area contributed by atoms with Gasteiger partial charge >= 0.3 is 5.97 Å². The summed E-state index contributed by atoms with van der Waals surface area (Å²) in [5.41, 5.74) is 0.997. The van der Waals surface area contributed by atoms with Gasteiger partial charge in [0.05, 0.1) is 43.5 Å². The van der Waals surface area contributed by atoms with Crippen LogP contribution in [-0.4, -0.2) is 29.7 Å². The molecule has 9 heteroatoms. The standard InChI is InChI=1S/C23H19FN2O5S/c1-29-20-8-6-16(24)10-15(20)13-32-23-25-19-11-14(22(28)30-2)5-7-18(19)21(27)26(23)12-17-4-3-9-31-17/h3-11H,12-13H2,1-2H3. The molecule has 7 nitrogen and oxygen atoms in total. The zero-order chi connectivity index (χ0) is 22.7. The average Bonchev–Trinajstić information content (AvgIpc) is 3.32. The lowest BCUT2D eigenvalue weighted by Gasteiger charge is -2.14. The third-order valence-electron chi connectivity index (χ3n) is 4.83. The highest BCUT2D eigenvalue weighted by Crippen LogP contribution is 2.28. The molecular weight excluding hydrogens is 435 g/mol. The Morgan fingerprint density at radius 2 is 2.03 bits per heavy atom. The molecule has 0 amide bonds. The van der Waals surface area contributed by atoms with Crippen LogP contribution in [0.15, 0.2) is 69.2 Å². The summed E-state index contributed by atoms with van der Waals surface area (Å²) in [5.74, 6) is 0.529. The Labute approximate surface area is 186 Å². The van der Waals surface area contributed by atoms with Crippen LogP contribution in [-0.2, 0) is 17.0 Å². The van der Waals surface area contributed by atoms with Crippen LogP contribution in [0.2, 0.25) is 0 Å². The number of halogens is 1. The summed E-state index contributed by atoms with van der Waals surface area (Å²) in [4.78, 5) is 29.8. The highest BCUT2D eigenvalue weighted by atomic mass is 32.2. The molecule has 0 saturated heterocycles. The van der Waals surface area contributed by atoms with Gasteiger partial charge in [0.25, 0.3) is 5.56 Å². The minimum absolute atomic E-state index is 0.177. The molecule has 0 N–H and O–H groups in total. The predicted octanol–water partition coefficient (Wildman–Crippen LogP) is 4.26. The Morgan fingerprint density at radius 1 is 1.19 bits per heavy atom. The van der Waals surface area contributed by atoms with Gasteiger partial charge < -0.3 is 13.9 Å². The first-order valence-electron chi connectivity index (χ1n) is 9.60. The first-order valence-corrected chi connectivity index (χ1v) is 10.6. The lowest BCUT2D eigenvalue weighted by Crippen LogP contribution is -2.24. The quantitative estimate of drug-likeness (QED) is 0.234. The highest BCUT2D eigenvalue weighted by molar-refractivity contribution is 7.98. The number of hydrogen-bond donors (Lipinski definition) is 0. The van der Waals surface area contributed by atoms with Gasteiger partial charge in [-0.25, -0.2) is 14.2 Å². The minimum atomic E-state index is -0.521. The van der Waals surface area contributed by atoms with Crippen molar-refractivity contribution in [3.8, 4) is 5.75 Å². The van der Waals surface area contributed by atoms with Gasteiger partial charge in [-0.1, -0.05) is 11.8 Å². The Morgan fingerprint density at radius 3 is 2.75 bits per heavy atom.